The molecule has 1 aromatic rings. The van der Waals surface area contributed by atoms with Gasteiger partial charge in [-0.1, -0.05) is 13.8 Å². The highest BCUT2D eigenvalue weighted by Crippen LogP contribution is 2.28. The molecule has 1 N–H and O–H groups in total. The third-order valence-electron chi connectivity index (χ3n) is 2.73. The van der Waals surface area contributed by atoms with Gasteiger partial charge in [0.2, 0.25) is 0 Å². The molecule has 5 heteroatoms. The molecule has 0 saturated carbocycles. The van der Waals surface area contributed by atoms with Crippen molar-refractivity contribution in [2.75, 3.05) is 34.5 Å². The van der Waals surface area contributed by atoms with Crippen molar-refractivity contribution < 1.29 is 18.9 Å². The molecule has 20 heavy (non-hydrogen) atoms. The summed E-state index contributed by atoms with van der Waals surface area (Å²) < 4.78 is 21.6. The van der Waals surface area contributed by atoms with Crippen molar-refractivity contribution in [2.24, 2.45) is 0 Å². The zero-order valence-electron chi connectivity index (χ0n) is 12.9. The number of hydrogen-bond donors (Lipinski definition) is 1. The van der Waals surface area contributed by atoms with Gasteiger partial charge >= 0.3 is 0 Å². The first-order valence-electron chi connectivity index (χ1n) is 6.71. The molecule has 0 fully saturated rings. The zero-order chi connectivity index (χ0) is 15.0. The van der Waals surface area contributed by atoms with Gasteiger partial charge in [0.05, 0.1) is 20.8 Å². The van der Waals surface area contributed by atoms with Crippen LogP contribution in [0.5, 0.6) is 17.2 Å². The van der Waals surface area contributed by atoms with Crippen LogP contribution in [0.1, 0.15) is 13.8 Å². The lowest BCUT2D eigenvalue weighted by molar-refractivity contribution is 0.0791. The minimum absolute atomic E-state index is 0.0702. The Hall–Kier alpha value is -1.46. The third kappa shape index (κ3) is 5.67. The molecule has 1 aromatic carbocycles. The molecule has 1 rings (SSSR count). The van der Waals surface area contributed by atoms with Gasteiger partial charge in [-0.3, -0.25) is 0 Å². The van der Waals surface area contributed by atoms with Crippen LogP contribution in [-0.4, -0.2) is 46.6 Å². The number of hydrogen-bond acceptors (Lipinski definition) is 5. The smallest absolute Gasteiger partial charge is 0.134 e. The molecule has 5 nitrogen and oxygen atoms in total. The number of rotatable bonds is 9. The van der Waals surface area contributed by atoms with Crippen LogP contribution in [0, 0.1) is 0 Å². The topological polar surface area (TPSA) is 49.0 Å². The lowest BCUT2D eigenvalue weighted by atomic mass is 10.3. The Labute approximate surface area is 121 Å². The second kappa shape index (κ2) is 8.66. The van der Waals surface area contributed by atoms with Gasteiger partial charge in [-0.15, -0.1) is 0 Å². The SMILES string of the molecule is COCC(CNC(C)C)Oc1cc(OC)cc(OC)c1. The maximum atomic E-state index is 5.94. The number of nitrogens with one attached hydrogen (secondary N) is 1. The molecule has 0 saturated heterocycles. The summed E-state index contributed by atoms with van der Waals surface area (Å²) in [4.78, 5) is 0. The molecular formula is C15H25NO4. The van der Waals surface area contributed by atoms with Crippen LogP contribution in [0.2, 0.25) is 0 Å². The van der Waals surface area contributed by atoms with E-state index in [-0.39, 0.29) is 6.10 Å². The maximum Gasteiger partial charge on any atom is 0.134 e. The Morgan fingerprint density at radius 2 is 1.50 bits per heavy atom. The zero-order valence-corrected chi connectivity index (χ0v) is 12.9. The van der Waals surface area contributed by atoms with Crippen molar-refractivity contribution in [3.05, 3.63) is 18.2 Å². The van der Waals surface area contributed by atoms with Gasteiger partial charge in [-0.25, -0.2) is 0 Å². The molecular weight excluding hydrogens is 258 g/mol. The largest absolute Gasteiger partial charge is 0.496 e. The molecule has 114 valence electrons. The summed E-state index contributed by atoms with van der Waals surface area (Å²) in [5.41, 5.74) is 0. The van der Waals surface area contributed by atoms with Gasteiger partial charge in [-0.05, 0) is 0 Å². The second-order valence-electron chi connectivity index (χ2n) is 4.81. The number of methoxy groups -OCH3 is 3. The first-order chi connectivity index (χ1) is 9.58. The van der Waals surface area contributed by atoms with Crippen LogP contribution in [0.25, 0.3) is 0 Å². The quantitative estimate of drug-likeness (QED) is 0.752. The van der Waals surface area contributed by atoms with Gasteiger partial charge in [-0.2, -0.15) is 0 Å². The standard InChI is InChI=1S/C15H25NO4/c1-11(2)16-9-15(10-17-3)20-14-7-12(18-4)6-13(8-14)19-5/h6-8,11,15-16H,9-10H2,1-5H3. The normalized spacial score (nSPS) is 12.3. The fourth-order valence-corrected chi connectivity index (χ4v) is 1.73. The van der Waals surface area contributed by atoms with E-state index < -0.39 is 0 Å². The van der Waals surface area contributed by atoms with E-state index in [1.165, 1.54) is 0 Å². The van der Waals surface area contributed by atoms with E-state index in [0.29, 0.717) is 36.4 Å². The predicted molar refractivity (Wildman–Crippen MR) is 79.0 cm³/mol. The van der Waals surface area contributed by atoms with E-state index in [4.69, 9.17) is 18.9 Å². The van der Waals surface area contributed by atoms with Crippen molar-refractivity contribution in [3.8, 4) is 17.2 Å². The van der Waals surface area contributed by atoms with Crippen molar-refractivity contribution in [3.63, 3.8) is 0 Å². The molecule has 0 aromatic heterocycles. The Bertz CT molecular complexity index is 373. The highest BCUT2D eigenvalue weighted by molar-refractivity contribution is 5.42. The molecule has 0 heterocycles. The van der Waals surface area contributed by atoms with Crippen molar-refractivity contribution in [1.82, 2.24) is 5.32 Å². The minimum Gasteiger partial charge on any atom is -0.496 e. The highest BCUT2D eigenvalue weighted by Gasteiger charge is 2.12. The second-order valence-corrected chi connectivity index (χ2v) is 4.81. The van der Waals surface area contributed by atoms with E-state index in [9.17, 15) is 0 Å². The van der Waals surface area contributed by atoms with Crippen LogP contribution in [0.4, 0.5) is 0 Å². The van der Waals surface area contributed by atoms with E-state index in [0.717, 1.165) is 0 Å². The van der Waals surface area contributed by atoms with Gasteiger partial charge in [0.1, 0.15) is 23.4 Å². The summed E-state index contributed by atoms with van der Waals surface area (Å²) in [5.74, 6) is 2.11. The molecule has 0 bridgehead atoms. The molecule has 0 radical (unpaired) electrons. The van der Waals surface area contributed by atoms with Gasteiger partial charge in [0.15, 0.2) is 0 Å². The van der Waals surface area contributed by atoms with Crippen LogP contribution in [0.15, 0.2) is 18.2 Å². The molecule has 1 unspecified atom stereocenters. The lowest BCUT2D eigenvalue weighted by Crippen LogP contribution is -2.38. The molecule has 0 aliphatic carbocycles. The molecule has 0 aliphatic heterocycles. The van der Waals surface area contributed by atoms with Gasteiger partial charge < -0.3 is 24.3 Å². The molecule has 0 amide bonds. The average Bonchev–Trinajstić information content (AvgIpc) is 2.44. The minimum atomic E-state index is -0.0702. The van der Waals surface area contributed by atoms with Crippen molar-refractivity contribution in [2.45, 2.75) is 26.0 Å². The Kier molecular flexibility index (Phi) is 7.18. The summed E-state index contributed by atoms with van der Waals surface area (Å²) >= 11 is 0. The Morgan fingerprint density at radius 1 is 0.950 bits per heavy atom. The first kappa shape index (κ1) is 16.6. The van der Waals surface area contributed by atoms with Gasteiger partial charge in [0.25, 0.3) is 0 Å². The average molecular weight is 283 g/mol. The van der Waals surface area contributed by atoms with Crippen LogP contribution in [-0.2, 0) is 4.74 Å². The fourth-order valence-electron chi connectivity index (χ4n) is 1.73. The van der Waals surface area contributed by atoms with E-state index in [1.807, 2.05) is 18.2 Å². The Balaban J connectivity index is 2.75. The van der Waals surface area contributed by atoms with Gasteiger partial charge in [0, 0.05) is 37.9 Å². The summed E-state index contributed by atoms with van der Waals surface area (Å²) in [7, 11) is 4.90. The monoisotopic (exact) mass is 283 g/mol. The molecule has 0 aliphatic rings. The van der Waals surface area contributed by atoms with Crippen LogP contribution >= 0.6 is 0 Å². The summed E-state index contributed by atoms with van der Waals surface area (Å²) in [6, 6.07) is 5.88. The number of benzene rings is 1. The molecule has 0 spiro atoms. The van der Waals surface area contributed by atoms with E-state index in [2.05, 4.69) is 19.2 Å². The number of ether oxygens (including phenoxy) is 4. The summed E-state index contributed by atoms with van der Waals surface area (Å²) in [6.07, 6.45) is -0.0702. The van der Waals surface area contributed by atoms with Crippen molar-refractivity contribution in [1.29, 1.82) is 0 Å². The van der Waals surface area contributed by atoms with E-state index >= 15 is 0 Å². The highest BCUT2D eigenvalue weighted by atomic mass is 16.5. The fraction of sp³-hybridized carbons (Fsp3) is 0.600. The summed E-state index contributed by atoms with van der Waals surface area (Å²) in [6.45, 7) is 5.42. The lowest BCUT2D eigenvalue weighted by Gasteiger charge is -2.21. The van der Waals surface area contributed by atoms with Crippen molar-refractivity contribution >= 4 is 0 Å². The van der Waals surface area contributed by atoms with Crippen LogP contribution in [0.3, 0.4) is 0 Å². The van der Waals surface area contributed by atoms with E-state index in [1.54, 1.807) is 21.3 Å². The predicted octanol–water partition coefficient (Wildman–Crippen LogP) is 2.10. The third-order valence-corrected chi connectivity index (χ3v) is 2.73. The first-order valence-corrected chi connectivity index (χ1v) is 6.71. The van der Waals surface area contributed by atoms with Crippen LogP contribution < -0.4 is 19.5 Å². The summed E-state index contributed by atoms with van der Waals surface area (Å²) in [5, 5.41) is 3.34. The molecule has 1 atom stereocenters. The Morgan fingerprint density at radius 3 is 1.95 bits per heavy atom. The maximum absolute atomic E-state index is 5.94.